The van der Waals surface area contributed by atoms with Crippen molar-refractivity contribution >= 4 is 46.0 Å². The molecule has 3 fully saturated rings. The molecule has 5 heterocycles. The number of carbonyl (C=O) groups excluding carboxylic acids is 5. The molecule has 13 nitrogen and oxygen atoms in total. The van der Waals surface area contributed by atoms with Crippen molar-refractivity contribution in [1.82, 2.24) is 25.0 Å². The van der Waals surface area contributed by atoms with E-state index in [4.69, 9.17) is 4.74 Å². The first-order valence-electron chi connectivity index (χ1n) is 21.9. The molecule has 0 bridgehead atoms. The van der Waals surface area contributed by atoms with Crippen LogP contribution in [-0.4, -0.2) is 107 Å². The van der Waals surface area contributed by atoms with Gasteiger partial charge in [-0.15, -0.1) is 0 Å². The highest BCUT2D eigenvalue weighted by Crippen LogP contribution is 2.46. The summed E-state index contributed by atoms with van der Waals surface area (Å²) in [5, 5.41) is 12.7. The normalized spacial score (nSPS) is 20.4. The Labute approximate surface area is 356 Å². The monoisotopic (exact) mass is 823 g/mol. The molecule has 1 atom stereocenters. The van der Waals surface area contributed by atoms with Crippen LogP contribution in [0.4, 0.5) is 5.69 Å². The van der Waals surface area contributed by atoms with Crippen molar-refractivity contribution in [3.63, 3.8) is 0 Å². The molecule has 0 radical (unpaired) electrons. The van der Waals surface area contributed by atoms with Gasteiger partial charge in [-0.05, 0) is 97.7 Å². The highest BCUT2D eigenvalue weighted by Gasteiger charge is 2.42. The number of hydrogen-bond donors (Lipinski definition) is 2. The third-order valence-corrected chi connectivity index (χ3v) is 13.8. The van der Waals surface area contributed by atoms with Gasteiger partial charge >= 0.3 is 0 Å². The lowest BCUT2D eigenvalue weighted by Gasteiger charge is -2.44. The SMILES string of the molecule is CCc1cc2c(cc1N1CCC(N3CCN(C(=O)CCCCOc4ccc5c(c4)CN(C4CCC(=O)NC4=O)C5=O)CC3)CC1)C(C)(C)c1[nH]c3cc(C#N)ccc3c1C2=O. The Morgan fingerprint density at radius 1 is 0.918 bits per heavy atom. The van der Waals surface area contributed by atoms with Crippen molar-refractivity contribution < 1.29 is 28.7 Å². The van der Waals surface area contributed by atoms with Crippen molar-refractivity contribution in [3.05, 3.63) is 93.2 Å². The quantitative estimate of drug-likeness (QED) is 0.154. The second kappa shape index (κ2) is 16.1. The predicted molar refractivity (Wildman–Crippen MR) is 230 cm³/mol. The minimum atomic E-state index is -0.648. The molecule has 0 spiro atoms. The summed E-state index contributed by atoms with van der Waals surface area (Å²) in [5.74, 6) is -0.0555. The summed E-state index contributed by atoms with van der Waals surface area (Å²) in [5.41, 5.74) is 8.17. The van der Waals surface area contributed by atoms with Crippen molar-refractivity contribution in [2.24, 2.45) is 0 Å². The molecule has 2 N–H and O–H groups in total. The van der Waals surface area contributed by atoms with E-state index >= 15 is 0 Å². The second-order valence-electron chi connectivity index (χ2n) is 17.7. The van der Waals surface area contributed by atoms with Gasteiger partial charge < -0.3 is 24.4 Å². The Morgan fingerprint density at radius 2 is 1.70 bits per heavy atom. The smallest absolute Gasteiger partial charge is 0.255 e. The summed E-state index contributed by atoms with van der Waals surface area (Å²) >= 11 is 0. The van der Waals surface area contributed by atoms with Crippen LogP contribution in [0, 0.1) is 11.3 Å². The Balaban J connectivity index is 0.734. The van der Waals surface area contributed by atoms with Crippen LogP contribution in [0.25, 0.3) is 10.9 Å². The van der Waals surface area contributed by atoms with E-state index in [9.17, 15) is 29.2 Å². The molecule has 9 rings (SSSR count). The number of unbranched alkanes of at least 4 members (excludes halogenated alkanes) is 1. The van der Waals surface area contributed by atoms with Crippen LogP contribution in [0.15, 0.2) is 48.5 Å². The van der Waals surface area contributed by atoms with E-state index in [1.807, 2.05) is 23.1 Å². The first-order valence-corrected chi connectivity index (χ1v) is 21.9. The highest BCUT2D eigenvalue weighted by molar-refractivity contribution is 6.20. The number of aromatic amines is 1. The number of aromatic nitrogens is 1. The van der Waals surface area contributed by atoms with Gasteiger partial charge in [-0.3, -0.25) is 34.2 Å². The first kappa shape index (κ1) is 40.4. The number of nitrogens with zero attached hydrogens (tertiary/aromatic N) is 5. The van der Waals surface area contributed by atoms with Gasteiger partial charge in [0.2, 0.25) is 17.7 Å². The van der Waals surface area contributed by atoms with Gasteiger partial charge in [-0.25, -0.2) is 0 Å². The third-order valence-electron chi connectivity index (χ3n) is 13.8. The number of anilines is 1. The molecule has 4 aliphatic heterocycles. The summed E-state index contributed by atoms with van der Waals surface area (Å²) in [6.45, 7) is 12.4. The van der Waals surface area contributed by atoms with Crippen molar-refractivity contribution in [3.8, 4) is 11.8 Å². The maximum absolute atomic E-state index is 14.1. The molecule has 1 unspecified atom stereocenters. The number of piperazine rings is 1. The van der Waals surface area contributed by atoms with Crippen LogP contribution in [0.3, 0.4) is 0 Å². The van der Waals surface area contributed by atoms with E-state index < -0.39 is 17.4 Å². The maximum Gasteiger partial charge on any atom is 0.255 e. The molecular weight excluding hydrogens is 771 g/mol. The van der Waals surface area contributed by atoms with Gasteiger partial charge in [0, 0.05) is 104 Å². The number of benzene rings is 3. The molecule has 1 aliphatic carbocycles. The fourth-order valence-electron chi connectivity index (χ4n) is 10.3. The van der Waals surface area contributed by atoms with Crippen LogP contribution in [0.5, 0.6) is 5.75 Å². The zero-order chi connectivity index (χ0) is 42.6. The lowest BCUT2D eigenvalue weighted by molar-refractivity contribution is -0.137. The van der Waals surface area contributed by atoms with E-state index in [-0.39, 0.29) is 29.9 Å². The standard InChI is InChI=1S/C48H53N7O6/c1-4-30-25-36-37(48(2,3)45-43(44(36)58)35-10-8-29(27-49)23-38(35)50-45)26-40(30)53-16-14-32(15-17-53)52-18-20-54(21-19-52)42(57)7-5-6-22-61-33-9-11-34-31(24-33)28-55(47(34)60)39-12-13-41(56)51-46(39)59/h8-11,23-26,32,39,50H,4-7,12-22,28H2,1-3H3,(H,51,56,59). The molecule has 4 aromatic rings. The van der Waals surface area contributed by atoms with Gasteiger partial charge in [-0.2, -0.15) is 5.26 Å². The van der Waals surface area contributed by atoms with E-state index in [0.717, 1.165) is 110 Å². The number of hydrogen-bond acceptors (Lipinski definition) is 9. The Bertz CT molecular complexity index is 2500. The van der Waals surface area contributed by atoms with E-state index in [0.29, 0.717) is 48.9 Å². The average molecular weight is 824 g/mol. The molecule has 316 valence electrons. The van der Waals surface area contributed by atoms with Gasteiger partial charge in [0.25, 0.3) is 5.91 Å². The fraction of sp³-hybridized carbons (Fsp3) is 0.458. The molecule has 5 aliphatic rings. The van der Waals surface area contributed by atoms with E-state index in [2.05, 4.69) is 59.1 Å². The largest absolute Gasteiger partial charge is 0.494 e. The maximum atomic E-state index is 14.1. The van der Waals surface area contributed by atoms with E-state index in [1.165, 1.54) is 16.2 Å². The number of ether oxygens (including phenoxy) is 1. The van der Waals surface area contributed by atoms with Crippen molar-refractivity contribution in [2.45, 2.75) is 96.2 Å². The number of imide groups is 1. The number of nitriles is 1. The topological polar surface area (TPSA) is 159 Å². The molecule has 4 amide bonds. The van der Waals surface area contributed by atoms with Gasteiger partial charge in [0.05, 0.1) is 23.8 Å². The lowest BCUT2D eigenvalue weighted by atomic mass is 9.70. The number of carbonyl (C=O) groups is 5. The van der Waals surface area contributed by atoms with Gasteiger partial charge in [-0.1, -0.05) is 26.8 Å². The number of aryl methyl sites for hydroxylation is 1. The number of fused-ring (bicyclic) bond motifs is 5. The van der Waals surface area contributed by atoms with Gasteiger partial charge in [0.15, 0.2) is 5.78 Å². The number of nitrogens with one attached hydrogen (secondary N) is 2. The summed E-state index contributed by atoms with van der Waals surface area (Å²) in [6, 6.07) is 17.3. The molecule has 3 aromatic carbocycles. The number of piperidine rings is 2. The second-order valence-corrected chi connectivity index (χ2v) is 17.7. The van der Waals surface area contributed by atoms with Crippen LogP contribution >= 0.6 is 0 Å². The fourth-order valence-corrected chi connectivity index (χ4v) is 10.3. The predicted octanol–water partition coefficient (Wildman–Crippen LogP) is 5.60. The molecule has 1 aromatic heterocycles. The Hall–Kier alpha value is -6.00. The summed E-state index contributed by atoms with van der Waals surface area (Å²) < 4.78 is 6.00. The third kappa shape index (κ3) is 7.34. The van der Waals surface area contributed by atoms with E-state index in [1.54, 1.807) is 18.2 Å². The number of rotatable bonds is 10. The average Bonchev–Trinajstić information content (AvgIpc) is 3.82. The molecule has 0 saturated carbocycles. The molecule has 61 heavy (non-hydrogen) atoms. The summed E-state index contributed by atoms with van der Waals surface area (Å²) in [4.78, 5) is 76.4. The number of ketones is 1. The van der Waals surface area contributed by atoms with Crippen LogP contribution in [0.1, 0.15) is 120 Å². The minimum Gasteiger partial charge on any atom is -0.494 e. The number of H-pyrrole nitrogens is 1. The minimum absolute atomic E-state index is 0.0435. The molecule has 13 heteroatoms. The first-order chi connectivity index (χ1) is 29.4. The molecule has 3 saturated heterocycles. The van der Waals surface area contributed by atoms with Gasteiger partial charge in [0.1, 0.15) is 11.8 Å². The Morgan fingerprint density at radius 3 is 2.44 bits per heavy atom. The van der Waals surface area contributed by atoms with Crippen LogP contribution < -0.4 is 15.0 Å². The lowest BCUT2D eigenvalue weighted by Crippen LogP contribution is -2.54. The van der Waals surface area contributed by atoms with Crippen LogP contribution in [0.2, 0.25) is 0 Å². The highest BCUT2D eigenvalue weighted by atomic mass is 16.5. The van der Waals surface area contributed by atoms with Crippen molar-refractivity contribution in [1.29, 1.82) is 5.26 Å². The van der Waals surface area contributed by atoms with Crippen LogP contribution in [-0.2, 0) is 32.8 Å². The zero-order valence-electron chi connectivity index (χ0n) is 35.3. The van der Waals surface area contributed by atoms with Crippen molar-refractivity contribution in [2.75, 3.05) is 50.8 Å². The summed E-state index contributed by atoms with van der Waals surface area (Å²) in [6.07, 6.45) is 5.40. The molecular formula is C48H53N7O6. The Kier molecular flexibility index (Phi) is 10.7. The number of amides is 4. The zero-order valence-corrected chi connectivity index (χ0v) is 35.3. The summed E-state index contributed by atoms with van der Waals surface area (Å²) in [7, 11) is 0.